The fraction of sp³-hybridized carbons (Fsp3) is 0.250. The van der Waals surface area contributed by atoms with Gasteiger partial charge < -0.3 is 9.64 Å². The molecule has 0 bridgehead atoms. The van der Waals surface area contributed by atoms with Crippen molar-refractivity contribution in [3.63, 3.8) is 0 Å². The summed E-state index contributed by atoms with van der Waals surface area (Å²) in [5, 5.41) is 12.8. The van der Waals surface area contributed by atoms with Crippen LogP contribution in [-0.2, 0) is 33.8 Å². The first-order chi connectivity index (χ1) is 14.0. The topological polar surface area (TPSA) is 90.2 Å². The number of nitrogens with zero attached hydrogens (tertiary/aromatic N) is 5. The second-order valence-corrected chi connectivity index (χ2v) is 7.12. The Hall–Kier alpha value is -3.26. The van der Waals surface area contributed by atoms with Crippen molar-refractivity contribution in [3.8, 4) is 11.4 Å². The molecule has 0 aliphatic carbocycles. The molecule has 0 N–H and O–H groups in total. The number of tetrazole rings is 1. The van der Waals surface area contributed by atoms with E-state index in [4.69, 9.17) is 16.3 Å². The Labute approximate surface area is 172 Å². The van der Waals surface area contributed by atoms with E-state index in [1.807, 2.05) is 30.3 Å². The molecular formula is C20H18ClN5O3. The monoisotopic (exact) mass is 411 g/mol. The molecule has 8 nitrogen and oxygen atoms in total. The van der Waals surface area contributed by atoms with Crippen LogP contribution in [0.2, 0.25) is 5.02 Å². The molecule has 1 aliphatic heterocycles. The summed E-state index contributed by atoms with van der Waals surface area (Å²) in [6.07, 6.45) is 0.410. The van der Waals surface area contributed by atoms with Gasteiger partial charge in [-0.25, -0.2) is 4.79 Å². The van der Waals surface area contributed by atoms with Gasteiger partial charge in [-0.1, -0.05) is 48.0 Å². The van der Waals surface area contributed by atoms with Crippen LogP contribution in [0.4, 0.5) is 0 Å². The maximum absolute atomic E-state index is 13.0. The molecule has 0 saturated carbocycles. The molecule has 1 aromatic heterocycles. The van der Waals surface area contributed by atoms with Crippen LogP contribution in [0.1, 0.15) is 11.1 Å². The Morgan fingerprint density at radius 2 is 1.97 bits per heavy atom. The highest BCUT2D eigenvalue weighted by Crippen LogP contribution is 2.24. The zero-order chi connectivity index (χ0) is 20.4. The van der Waals surface area contributed by atoms with Crippen molar-refractivity contribution in [3.05, 3.63) is 64.7 Å². The maximum atomic E-state index is 13.0. The number of hydrogen-bond acceptors (Lipinski definition) is 6. The molecule has 1 aliphatic rings. The third-order valence-electron chi connectivity index (χ3n) is 4.85. The minimum atomic E-state index is -0.682. The predicted molar refractivity (Wildman–Crippen MR) is 105 cm³/mol. The quantitative estimate of drug-likeness (QED) is 0.611. The van der Waals surface area contributed by atoms with E-state index in [1.165, 1.54) is 16.8 Å². The summed E-state index contributed by atoms with van der Waals surface area (Å²) in [6.45, 7) is 0.188. The van der Waals surface area contributed by atoms with E-state index in [0.29, 0.717) is 29.4 Å². The zero-order valence-corrected chi connectivity index (χ0v) is 16.4. The van der Waals surface area contributed by atoms with Crippen molar-refractivity contribution >= 4 is 23.5 Å². The maximum Gasteiger partial charge on any atom is 0.328 e. The number of benzene rings is 2. The Morgan fingerprint density at radius 3 is 2.72 bits per heavy atom. The van der Waals surface area contributed by atoms with E-state index < -0.39 is 12.0 Å². The minimum absolute atomic E-state index is 0.136. The smallest absolute Gasteiger partial charge is 0.328 e. The average molecular weight is 412 g/mol. The molecule has 148 valence electrons. The first-order valence-electron chi connectivity index (χ1n) is 9.03. The summed E-state index contributed by atoms with van der Waals surface area (Å²) >= 11 is 6.00. The highest BCUT2D eigenvalue weighted by molar-refractivity contribution is 6.30. The van der Waals surface area contributed by atoms with Crippen LogP contribution in [0, 0.1) is 0 Å². The van der Waals surface area contributed by atoms with Crippen LogP contribution >= 0.6 is 11.6 Å². The van der Waals surface area contributed by atoms with Gasteiger partial charge in [0, 0.05) is 23.6 Å². The Bertz CT molecular complexity index is 1070. The van der Waals surface area contributed by atoms with E-state index in [1.54, 1.807) is 18.2 Å². The largest absolute Gasteiger partial charge is 0.467 e. The van der Waals surface area contributed by atoms with Gasteiger partial charge in [-0.2, -0.15) is 4.80 Å². The third kappa shape index (κ3) is 3.97. The van der Waals surface area contributed by atoms with Crippen LogP contribution in [0.25, 0.3) is 11.4 Å². The predicted octanol–water partition coefficient (Wildman–Crippen LogP) is 2.12. The van der Waals surface area contributed by atoms with Crippen LogP contribution < -0.4 is 0 Å². The Kier molecular flexibility index (Phi) is 5.26. The fourth-order valence-electron chi connectivity index (χ4n) is 3.40. The van der Waals surface area contributed by atoms with Crippen molar-refractivity contribution in [2.45, 2.75) is 25.6 Å². The number of fused-ring (bicyclic) bond motifs is 1. The number of halogens is 1. The van der Waals surface area contributed by atoms with E-state index in [-0.39, 0.29) is 12.5 Å². The highest BCUT2D eigenvalue weighted by Gasteiger charge is 2.35. The summed E-state index contributed by atoms with van der Waals surface area (Å²) in [4.78, 5) is 28.0. The normalized spacial score (nSPS) is 15.7. The molecule has 1 atom stereocenters. The summed E-state index contributed by atoms with van der Waals surface area (Å²) in [5.74, 6) is -0.363. The zero-order valence-electron chi connectivity index (χ0n) is 15.7. The van der Waals surface area contributed by atoms with Crippen LogP contribution in [0.5, 0.6) is 0 Å². The van der Waals surface area contributed by atoms with Gasteiger partial charge in [0.15, 0.2) is 0 Å². The van der Waals surface area contributed by atoms with E-state index >= 15 is 0 Å². The lowest BCUT2D eigenvalue weighted by Gasteiger charge is -2.35. The van der Waals surface area contributed by atoms with Gasteiger partial charge in [0.05, 0.1) is 7.11 Å². The molecule has 9 heteroatoms. The van der Waals surface area contributed by atoms with E-state index in [9.17, 15) is 9.59 Å². The number of rotatable bonds is 4. The van der Waals surface area contributed by atoms with Crippen molar-refractivity contribution in [2.24, 2.45) is 0 Å². The van der Waals surface area contributed by atoms with Crippen LogP contribution in [0.15, 0.2) is 48.5 Å². The second kappa shape index (κ2) is 8.00. The number of hydrogen-bond donors (Lipinski definition) is 0. The number of esters is 1. The molecule has 29 heavy (non-hydrogen) atoms. The van der Waals surface area contributed by atoms with Gasteiger partial charge in [-0.15, -0.1) is 10.2 Å². The van der Waals surface area contributed by atoms with Gasteiger partial charge in [-0.3, -0.25) is 4.79 Å². The summed E-state index contributed by atoms with van der Waals surface area (Å²) in [5.41, 5.74) is 2.75. The molecule has 0 saturated heterocycles. The Morgan fingerprint density at radius 1 is 1.17 bits per heavy atom. The van der Waals surface area contributed by atoms with Crippen molar-refractivity contribution < 1.29 is 14.3 Å². The van der Waals surface area contributed by atoms with Gasteiger partial charge in [0.1, 0.15) is 12.6 Å². The lowest BCUT2D eigenvalue weighted by molar-refractivity contribution is -0.154. The summed E-state index contributed by atoms with van der Waals surface area (Å²) < 4.78 is 4.91. The lowest BCUT2D eigenvalue weighted by Crippen LogP contribution is -2.50. The van der Waals surface area contributed by atoms with Crippen LogP contribution in [-0.4, -0.2) is 50.1 Å². The molecule has 3 aromatic rings. The van der Waals surface area contributed by atoms with Gasteiger partial charge in [0.25, 0.3) is 0 Å². The highest BCUT2D eigenvalue weighted by atomic mass is 35.5. The van der Waals surface area contributed by atoms with Gasteiger partial charge in [0.2, 0.25) is 11.7 Å². The minimum Gasteiger partial charge on any atom is -0.467 e. The Balaban J connectivity index is 1.55. The molecule has 0 unspecified atom stereocenters. The molecule has 2 heterocycles. The molecular weight excluding hydrogens is 394 g/mol. The van der Waals surface area contributed by atoms with Gasteiger partial charge >= 0.3 is 5.97 Å². The number of methoxy groups -OCH3 is 1. The third-order valence-corrected chi connectivity index (χ3v) is 5.09. The molecule has 0 spiro atoms. The number of ether oxygens (including phenoxy) is 1. The summed E-state index contributed by atoms with van der Waals surface area (Å²) in [6, 6.07) is 14.1. The van der Waals surface area contributed by atoms with Crippen LogP contribution in [0.3, 0.4) is 0 Å². The van der Waals surface area contributed by atoms with Gasteiger partial charge in [-0.05, 0) is 28.5 Å². The number of carbonyl (C=O) groups excluding carboxylic acids is 2. The van der Waals surface area contributed by atoms with Crippen molar-refractivity contribution in [2.75, 3.05) is 7.11 Å². The molecule has 1 amide bonds. The average Bonchev–Trinajstić information content (AvgIpc) is 3.20. The molecule has 4 rings (SSSR count). The fourth-order valence-corrected chi connectivity index (χ4v) is 3.59. The number of amides is 1. The van der Waals surface area contributed by atoms with E-state index in [2.05, 4.69) is 15.4 Å². The second-order valence-electron chi connectivity index (χ2n) is 6.69. The van der Waals surface area contributed by atoms with Crippen molar-refractivity contribution in [1.29, 1.82) is 0 Å². The lowest BCUT2D eigenvalue weighted by atomic mass is 9.94. The molecule has 0 radical (unpaired) electrons. The standard InChI is InChI=1S/C20H18ClN5O3/c1-29-20(28)17-10-13-5-2-3-6-15(13)11-25(17)18(27)12-26-23-19(22-24-26)14-7-4-8-16(21)9-14/h2-9,17H,10-12H2,1H3/t17-/m0/s1. The molecule has 2 aromatic carbocycles. The first-order valence-corrected chi connectivity index (χ1v) is 9.41. The molecule has 0 fully saturated rings. The SMILES string of the molecule is COC(=O)[C@@H]1Cc2ccccc2CN1C(=O)Cn1nnc(-c2cccc(Cl)c2)n1. The van der Waals surface area contributed by atoms with Crippen molar-refractivity contribution in [1.82, 2.24) is 25.1 Å². The first kappa shape index (κ1) is 19.1. The number of aromatic nitrogens is 4. The van der Waals surface area contributed by atoms with E-state index in [0.717, 1.165) is 11.1 Å². The number of carbonyl (C=O) groups is 2. The summed E-state index contributed by atoms with van der Waals surface area (Å²) in [7, 11) is 1.32.